The molecule has 2 rings (SSSR count). The number of halogens is 1. The third-order valence-corrected chi connectivity index (χ3v) is 3.59. The smallest absolute Gasteiger partial charge is 0.290 e. The van der Waals surface area contributed by atoms with E-state index in [2.05, 4.69) is 0 Å². The number of ketones is 1. The van der Waals surface area contributed by atoms with Crippen molar-refractivity contribution in [2.75, 3.05) is 6.54 Å². The summed E-state index contributed by atoms with van der Waals surface area (Å²) >= 11 is 5.86. The molecule has 20 heavy (non-hydrogen) atoms. The maximum atomic E-state index is 12.1. The van der Waals surface area contributed by atoms with Gasteiger partial charge in [-0.25, -0.2) is 0 Å². The van der Waals surface area contributed by atoms with Crippen LogP contribution in [0.2, 0.25) is 5.02 Å². The zero-order chi connectivity index (χ0) is 14.9. The van der Waals surface area contributed by atoms with Gasteiger partial charge in [0.1, 0.15) is 0 Å². The fourth-order valence-corrected chi connectivity index (χ4v) is 2.60. The van der Waals surface area contributed by atoms with Crippen LogP contribution in [0.4, 0.5) is 0 Å². The number of aliphatic hydroxyl groups is 1. The summed E-state index contributed by atoms with van der Waals surface area (Å²) in [5.74, 6) is -1.22. The van der Waals surface area contributed by atoms with Crippen LogP contribution in [-0.2, 0) is 9.59 Å². The van der Waals surface area contributed by atoms with Crippen molar-refractivity contribution in [2.45, 2.75) is 26.3 Å². The molecule has 0 aliphatic carbocycles. The molecule has 1 N–H and O–H groups in total. The summed E-state index contributed by atoms with van der Waals surface area (Å²) in [5.41, 5.74) is 0.927. The number of nitrogens with zero attached hydrogens (tertiary/aromatic N) is 1. The first-order valence-corrected chi connectivity index (χ1v) is 6.85. The van der Waals surface area contributed by atoms with Crippen molar-refractivity contribution in [3.8, 4) is 0 Å². The molecule has 1 aliphatic rings. The van der Waals surface area contributed by atoms with E-state index in [-0.39, 0.29) is 11.4 Å². The molecule has 0 bridgehead atoms. The van der Waals surface area contributed by atoms with Crippen LogP contribution in [0.15, 0.2) is 35.6 Å². The molecular formula is C15H16ClNO3. The van der Waals surface area contributed by atoms with Crippen molar-refractivity contribution in [1.82, 2.24) is 4.90 Å². The first-order chi connectivity index (χ1) is 9.47. The van der Waals surface area contributed by atoms with Gasteiger partial charge in [0.2, 0.25) is 0 Å². The van der Waals surface area contributed by atoms with Gasteiger partial charge < -0.3 is 10.0 Å². The van der Waals surface area contributed by atoms with Gasteiger partial charge in [0.05, 0.1) is 11.6 Å². The number of amides is 1. The SMILES string of the molecule is CCCN1C(=O)C(O)=C(C(C)=O)[C@H]1c1ccc(Cl)cc1. The zero-order valence-electron chi connectivity index (χ0n) is 11.4. The Balaban J connectivity index is 2.51. The van der Waals surface area contributed by atoms with E-state index in [4.69, 9.17) is 11.6 Å². The first-order valence-electron chi connectivity index (χ1n) is 6.47. The van der Waals surface area contributed by atoms with Crippen LogP contribution in [0.1, 0.15) is 31.9 Å². The van der Waals surface area contributed by atoms with Crippen LogP contribution in [0, 0.1) is 0 Å². The van der Waals surface area contributed by atoms with Gasteiger partial charge in [-0.05, 0) is 31.0 Å². The highest BCUT2D eigenvalue weighted by Gasteiger charge is 2.41. The highest BCUT2D eigenvalue weighted by molar-refractivity contribution is 6.30. The molecule has 0 fully saturated rings. The van der Waals surface area contributed by atoms with E-state index in [0.717, 1.165) is 12.0 Å². The standard InChI is InChI=1S/C15H16ClNO3/c1-3-8-17-13(10-4-6-11(16)7-5-10)12(9(2)18)14(19)15(17)20/h4-7,13,19H,3,8H2,1-2H3/t13-/m1/s1. The molecule has 4 nitrogen and oxygen atoms in total. The Morgan fingerprint density at radius 1 is 1.35 bits per heavy atom. The van der Waals surface area contributed by atoms with E-state index in [1.165, 1.54) is 11.8 Å². The Kier molecular flexibility index (Phi) is 4.14. The van der Waals surface area contributed by atoms with Crippen molar-refractivity contribution in [3.05, 3.63) is 46.2 Å². The van der Waals surface area contributed by atoms with Crippen molar-refractivity contribution in [2.24, 2.45) is 0 Å². The van der Waals surface area contributed by atoms with E-state index < -0.39 is 17.7 Å². The Bertz CT molecular complexity index is 577. The van der Waals surface area contributed by atoms with Crippen LogP contribution in [0.3, 0.4) is 0 Å². The lowest BCUT2D eigenvalue weighted by atomic mass is 9.97. The van der Waals surface area contributed by atoms with Gasteiger partial charge >= 0.3 is 0 Å². The topological polar surface area (TPSA) is 57.6 Å². The second-order valence-electron chi connectivity index (χ2n) is 4.77. The molecule has 1 amide bonds. The number of Topliss-reactive ketones (excluding diaryl/α,β-unsaturated/α-hetero) is 1. The molecule has 1 aliphatic heterocycles. The minimum absolute atomic E-state index is 0.158. The van der Waals surface area contributed by atoms with Gasteiger partial charge in [0.15, 0.2) is 11.5 Å². The second-order valence-corrected chi connectivity index (χ2v) is 5.21. The normalized spacial score (nSPS) is 18.9. The predicted molar refractivity (Wildman–Crippen MR) is 76.5 cm³/mol. The monoisotopic (exact) mass is 293 g/mol. The lowest BCUT2D eigenvalue weighted by molar-refractivity contribution is -0.129. The molecule has 0 aromatic heterocycles. The van der Waals surface area contributed by atoms with Crippen LogP contribution >= 0.6 is 11.6 Å². The number of benzene rings is 1. The molecule has 106 valence electrons. The van der Waals surface area contributed by atoms with Crippen LogP contribution in [-0.4, -0.2) is 28.2 Å². The molecule has 1 aromatic rings. The first kappa shape index (κ1) is 14.6. The van der Waals surface area contributed by atoms with Crippen molar-refractivity contribution >= 4 is 23.3 Å². The molecule has 1 aromatic carbocycles. The third kappa shape index (κ3) is 2.43. The Labute approximate surface area is 122 Å². The Morgan fingerprint density at radius 2 is 1.95 bits per heavy atom. The lowest BCUT2D eigenvalue weighted by Gasteiger charge is -2.26. The molecule has 0 spiro atoms. The minimum atomic E-state index is -0.530. The fourth-order valence-electron chi connectivity index (χ4n) is 2.48. The van der Waals surface area contributed by atoms with Crippen molar-refractivity contribution in [3.63, 3.8) is 0 Å². The molecule has 0 saturated heterocycles. The number of aliphatic hydroxyl groups excluding tert-OH is 1. The number of carbonyl (C=O) groups excluding carboxylic acids is 2. The average molecular weight is 294 g/mol. The number of carbonyl (C=O) groups is 2. The van der Waals surface area contributed by atoms with Gasteiger partial charge in [-0.1, -0.05) is 30.7 Å². The fraction of sp³-hybridized carbons (Fsp3) is 0.333. The van der Waals surface area contributed by atoms with Crippen molar-refractivity contribution in [1.29, 1.82) is 0 Å². The highest BCUT2D eigenvalue weighted by Crippen LogP contribution is 2.37. The maximum absolute atomic E-state index is 12.1. The van der Waals surface area contributed by atoms with Crippen LogP contribution < -0.4 is 0 Å². The predicted octanol–water partition coefficient (Wildman–Crippen LogP) is 3.03. The van der Waals surface area contributed by atoms with Gasteiger partial charge in [-0.3, -0.25) is 9.59 Å². The summed E-state index contributed by atoms with van der Waals surface area (Å²) in [6.07, 6.45) is 0.744. The molecule has 1 heterocycles. The number of hydrogen-bond acceptors (Lipinski definition) is 3. The highest BCUT2D eigenvalue weighted by atomic mass is 35.5. The minimum Gasteiger partial charge on any atom is -0.503 e. The van der Waals surface area contributed by atoms with Crippen molar-refractivity contribution < 1.29 is 14.7 Å². The van der Waals surface area contributed by atoms with E-state index in [1.54, 1.807) is 24.3 Å². The maximum Gasteiger partial charge on any atom is 0.290 e. The van der Waals surface area contributed by atoms with E-state index in [0.29, 0.717) is 11.6 Å². The van der Waals surface area contributed by atoms with Gasteiger partial charge in [-0.15, -0.1) is 0 Å². The quantitative estimate of drug-likeness (QED) is 0.928. The molecule has 5 heteroatoms. The third-order valence-electron chi connectivity index (χ3n) is 3.33. The summed E-state index contributed by atoms with van der Waals surface area (Å²) in [4.78, 5) is 25.4. The lowest BCUT2D eigenvalue weighted by Crippen LogP contribution is -2.31. The summed E-state index contributed by atoms with van der Waals surface area (Å²) < 4.78 is 0. The largest absolute Gasteiger partial charge is 0.503 e. The number of hydrogen-bond donors (Lipinski definition) is 1. The average Bonchev–Trinajstić information content (AvgIpc) is 2.65. The summed E-state index contributed by atoms with van der Waals surface area (Å²) in [7, 11) is 0. The molecule has 0 radical (unpaired) electrons. The Hall–Kier alpha value is -1.81. The van der Waals surface area contributed by atoms with Gasteiger partial charge in [-0.2, -0.15) is 0 Å². The summed E-state index contributed by atoms with van der Waals surface area (Å²) in [5, 5.41) is 10.5. The van der Waals surface area contributed by atoms with Crippen LogP contribution in [0.25, 0.3) is 0 Å². The summed E-state index contributed by atoms with van der Waals surface area (Å²) in [6, 6.07) is 6.42. The zero-order valence-corrected chi connectivity index (χ0v) is 12.1. The summed E-state index contributed by atoms with van der Waals surface area (Å²) in [6.45, 7) is 3.78. The van der Waals surface area contributed by atoms with Gasteiger partial charge in [0, 0.05) is 11.6 Å². The van der Waals surface area contributed by atoms with E-state index in [9.17, 15) is 14.7 Å². The van der Waals surface area contributed by atoms with E-state index in [1.807, 2.05) is 6.92 Å². The van der Waals surface area contributed by atoms with Gasteiger partial charge in [0.25, 0.3) is 5.91 Å². The molecule has 0 unspecified atom stereocenters. The molecule has 0 saturated carbocycles. The van der Waals surface area contributed by atoms with Crippen LogP contribution in [0.5, 0.6) is 0 Å². The molecule has 1 atom stereocenters. The molecular weight excluding hydrogens is 278 g/mol. The Morgan fingerprint density at radius 3 is 2.45 bits per heavy atom. The number of rotatable bonds is 4. The van der Waals surface area contributed by atoms with E-state index >= 15 is 0 Å². The second kappa shape index (κ2) is 5.67.